The molecule has 0 amide bonds. The van der Waals surface area contributed by atoms with Gasteiger partial charge < -0.3 is 9.84 Å². The van der Waals surface area contributed by atoms with Gasteiger partial charge in [0.05, 0.1) is 17.8 Å². The molecule has 1 N–H and O–H groups in total. The average Bonchev–Trinajstić information content (AvgIpc) is 2.02. The van der Waals surface area contributed by atoms with Gasteiger partial charge in [-0.3, -0.25) is 0 Å². The third-order valence-electron chi connectivity index (χ3n) is 1.57. The summed E-state index contributed by atoms with van der Waals surface area (Å²) in [5.74, 6) is -0.504. The van der Waals surface area contributed by atoms with Gasteiger partial charge in [0.15, 0.2) is 0 Å². The van der Waals surface area contributed by atoms with Crippen molar-refractivity contribution in [2.75, 3.05) is 0 Å². The number of carbonyl (C=O) groups excluding carboxylic acids is 1. The monoisotopic (exact) mass is 186 g/mol. The molecule has 0 radical (unpaired) electrons. The number of rotatable bonds is 5. The van der Waals surface area contributed by atoms with Crippen LogP contribution in [0.2, 0.25) is 0 Å². The number of esters is 1. The van der Waals surface area contributed by atoms with Gasteiger partial charge in [-0.2, -0.15) is 0 Å². The fraction of sp³-hybridized carbons (Fsp3) is 0.700. The predicted octanol–water partition coefficient (Wildman–Crippen LogP) is 1.66. The van der Waals surface area contributed by atoms with Crippen molar-refractivity contribution in [3.05, 3.63) is 12.2 Å². The molecule has 0 fully saturated rings. The van der Waals surface area contributed by atoms with Gasteiger partial charge in [-0.25, -0.2) is 4.79 Å². The highest BCUT2D eigenvalue weighted by molar-refractivity contribution is 5.88. The van der Waals surface area contributed by atoms with E-state index in [2.05, 4.69) is 6.58 Å². The van der Waals surface area contributed by atoms with E-state index in [9.17, 15) is 9.90 Å². The first-order valence-corrected chi connectivity index (χ1v) is 4.56. The summed E-state index contributed by atoms with van der Waals surface area (Å²) in [6.07, 6.45) is 0.426. The standard InChI is InChI=1S/C10H18O3/c1-5-6-9(11)8(4)10(12)13-7(2)3/h7,9,11H,4-6H2,1-3H3. The van der Waals surface area contributed by atoms with Gasteiger partial charge in [0, 0.05) is 0 Å². The molecule has 76 valence electrons. The van der Waals surface area contributed by atoms with E-state index in [0.717, 1.165) is 6.42 Å². The zero-order chi connectivity index (χ0) is 10.4. The lowest BCUT2D eigenvalue weighted by atomic mass is 10.1. The van der Waals surface area contributed by atoms with Crippen molar-refractivity contribution in [1.82, 2.24) is 0 Å². The molecule has 3 heteroatoms. The first-order chi connectivity index (χ1) is 5.99. The molecule has 0 aromatic heterocycles. The summed E-state index contributed by atoms with van der Waals surface area (Å²) in [5.41, 5.74) is 0.149. The van der Waals surface area contributed by atoms with Crippen LogP contribution < -0.4 is 0 Å². The van der Waals surface area contributed by atoms with E-state index in [4.69, 9.17) is 4.74 Å². The Morgan fingerprint density at radius 3 is 2.46 bits per heavy atom. The van der Waals surface area contributed by atoms with Crippen molar-refractivity contribution in [3.63, 3.8) is 0 Å². The van der Waals surface area contributed by atoms with E-state index < -0.39 is 12.1 Å². The summed E-state index contributed by atoms with van der Waals surface area (Å²) in [7, 11) is 0. The Kier molecular flexibility index (Phi) is 5.39. The number of ether oxygens (including phenoxy) is 1. The lowest BCUT2D eigenvalue weighted by molar-refractivity contribution is -0.143. The Hall–Kier alpha value is -0.830. The molecular formula is C10H18O3. The Morgan fingerprint density at radius 1 is 1.54 bits per heavy atom. The number of aliphatic hydroxyl groups excluding tert-OH is 1. The molecule has 0 saturated heterocycles. The maximum Gasteiger partial charge on any atom is 0.336 e. The maximum absolute atomic E-state index is 11.2. The first-order valence-electron chi connectivity index (χ1n) is 4.56. The van der Waals surface area contributed by atoms with Crippen LogP contribution in [0.4, 0.5) is 0 Å². The van der Waals surface area contributed by atoms with Gasteiger partial charge in [0.1, 0.15) is 0 Å². The highest BCUT2D eigenvalue weighted by atomic mass is 16.5. The predicted molar refractivity (Wildman–Crippen MR) is 51.3 cm³/mol. The minimum Gasteiger partial charge on any atom is -0.460 e. The molecule has 0 aliphatic heterocycles. The van der Waals surface area contributed by atoms with Gasteiger partial charge in [-0.1, -0.05) is 19.9 Å². The van der Waals surface area contributed by atoms with Crippen LogP contribution in [0.5, 0.6) is 0 Å². The molecule has 0 saturated carbocycles. The van der Waals surface area contributed by atoms with Gasteiger partial charge in [-0.05, 0) is 20.3 Å². The van der Waals surface area contributed by atoms with Crippen molar-refractivity contribution in [1.29, 1.82) is 0 Å². The van der Waals surface area contributed by atoms with Gasteiger partial charge >= 0.3 is 5.97 Å². The number of carbonyl (C=O) groups is 1. The lowest BCUT2D eigenvalue weighted by Crippen LogP contribution is -2.21. The summed E-state index contributed by atoms with van der Waals surface area (Å²) in [4.78, 5) is 11.2. The second-order valence-electron chi connectivity index (χ2n) is 3.28. The van der Waals surface area contributed by atoms with Gasteiger partial charge in [0.25, 0.3) is 0 Å². The van der Waals surface area contributed by atoms with Crippen molar-refractivity contribution in [2.24, 2.45) is 0 Å². The van der Waals surface area contributed by atoms with Crippen LogP contribution in [0.15, 0.2) is 12.2 Å². The molecule has 0 aromatic rings. The Morgan fingerprint density at radius 2 is 2.08 bits per heavy atom. The Balaban J connectivity index is 4.02. The molecule has 0 bridgehead atoms. The smallest absolute Gasteiger partial charge is 0.336 e. The van der Waals surface area contributed by atoms with Gasteiger partial charge in [0.2, 0.25) is 0 Å². The largest absolute Gasteiger partial charge is 0.460 e. The van der Waals surface area contributed by atoms with Crippen LogP contribution >= 0.6 is 0 Å². The fourth-order valence-corrected chi connectivity index (χ4v) is 0.873. The summed E-state index contributed by atoms with van der Waals surface area (Å²) in [5, 5.41) is 9.40. The maximum atomic E-state index is 11.2. The van der Waals surface area contributed by atoms with Crippen LogP contribution in [0.1, 0.15) is 33.6 Å². The van der Waals surface area contributed by atoms with Gasteiger partial charge in [-0.15, -0.1) is 0 Å². The highest BCUT2D eigenvalue weighted by Gasteiger charge is 2.17. The summed E-state index contributed by atoms with van der Waals surface area (Å²) < 4.78 is 4.88. The van der Waals surface area contributed by atoms with Crippen molar-refractivity contribution in [3.8, 4) is 0 Å². The normalized spacial score (nSPS) is 12.7. The summed E-state index contributed by atoms with van der Waals surface area (Å²) in [6, 6.07) is 0. The van der Waals surface area contributed by atoms with Crippen molar-refractivity contribution >= 4 is 5.97 Å². The molecular weight excluding hydrogens is 168 g/mol. The van der Waals surface area contributed by atoms with E-state index in [0.29, 0.717) is 6.42 Å². The topological polar surface area (TPSA) is 46.5 Å². The third-order valence-corrected chi connectivity index (χ3v) is 1.57. The molecule has 0 aliphatic rings. The molecule has 1 atom stereocenters. The van der Waals surface area contributed by atoms with Crippen LogP contribution in [-0.4, -0.2) is 23.3 Å². The van der Waals surface area contributed by atoms with Crippen LogP contribution in [0.3, 0.4) is 0 Å². The molecule has 13 heavy (non-hydrogen) atoms. The van der Waals surface area contributed by atoms with E-state index in [-0.39, 0.29) is 11.7 Å². The summed E-state index contributed by atoms with van der Waals surface area (Å²) >= 11 is 0. The molecule has 0 rings (SSSR count). The SMILES string of the molecule is C=C(C(=O)OC(C)C)C(O)CCC. The van der Waals surface area contributed by atoms with Crippen LogP contribution in [0.25, 0.3) is 0 Å². The minimum atomic E-state index is -0.767. The second kappa shape index (κ2) is 5.75. The molecule has 0 aromatic carbocycles. The zero-order valence-corrected chi connectivity index (χ0v) is 8.54. The number of hydrogen-bond donors (Lipinski definition) is 1. The first kappa shape index (κ1) is 12.2. The van der Waals surface area contributed by atoms with E-state index in [1.165, 1.54) is 0 Å². The molecule has 0 aliphatic carbocycles. The minimum absolute atomic E-state index is 0.149. The quantitative estimate of drug-likeness (QED) is 0.524. The fourth-order valence-electron chi connectivity index (χ4n) is 0.873. The highest BCUT2D eigenvalue weighted by Crippen LogP contribution is 2.09. The zero-order valence-electron chi connectivity index (χ0n) is 8.54. The van der Waals surface area contributed by atoms with Crippen molar-refractivity contribution < 1.29 is 14.6 Å². The second-order valence-corrected chi connectivity index (χ2v) is 3.28. The Labute approximate surface area is 79.4 Å². The van der Waals surface area contributed by atoms with E-state index in [1.807, 2.05) is 6.92 Å². The lowest BCUT2D eigenvalue weighted by Gasteiger charge is -2.13. The average molecular weight is 186 g/mol. The molecule has 3 nitrogen and oxygen atoms in total. The number of hydrogen-bond acceptors (Lipinski definition) is 3. The van der Waals surface area contributed by atoms with Crippen LogP contribution in [0, 0.1) is 0 Å². The van der Waals surface area contributed by atoms with Crippen molar-refractivity contribution in [2.45, 2.75) is 45.8 Å². The number of aliphatic hydroxyl groups is 1. The van der Waals surface area contributed by atoms with Crippen LogP contribution in [-0.2, 0) is 9.53 Å². The van der Waals surface area contributed by atoms with E-state index in [1.54, 1.807) is 13.8 Å². The molecule has 1 unspecified atom stereocenters. The molecule has 0 spiro atoms. The van der Waals surface area contributed by atoms with E-state index >= 15 is 0 Å². The third kappa shape index (κ3) is 4.68. The molecule has 0 heterocycles. The Bertz CT molecular complexity index is 185. The summed E-state index contributed by atoms with van der Waals surface area (Å²) in [6.45, 7) is 8.96.